The van der Waals surface area contributed by atoms with Crippen LogP contribution >= 0.6 is 0 Å². The molecule has 32 heavy (non-hydrogen) atoms. The zero-order valence-corrected chi connectivity index (χ0v) is 18.8. The second-order valence-corrected chi connectivity index (χ2v) is 8.50. The van der Waals surface area contributed by atoms with Crippen LogP contribution < -0.4 is 14.8 Å². The van der Waals surface area contributed by atoms with Crippen LogP contribution in [0.15, 0.2) is 53.5 Å². The molecule has 0 atom stereocenters. The molecule has 7 nitrogen and oxygen atoms in total. The van der Waals surface area contributed by atoms with Crippen molar-refractivity contribution in [1.82, 2.24) is 4.90 Å². The molecule has 0 aromatic heterocycles. The fourth-order valence-corrected chi connectivity index (χ4v) is 4.48. The van der Waals surface area contributed by atoms with Crippen molar-refractivity contribution in [3.05, 3.63) is 54.1 Å². The Morgan fingerprint density at radius 1 is 1.12 bits per heavy atom. The molecule has 1 aliphatic carbocycles. The Morgan fingerprint density at radius 2 is 1.84 bits per heavy atom. The first-order valence-corrected chi connectivity index (χ1v) is 10.9. The lowest BCUT2D eigenvalue weighted by Crippen LogP contribution is -2.51. The monoisotopic (exact) mass is 435 g/mol. The van der Waals surface area contributed by atoms with Crippen molar-refractivity contribution in [3.63, 3.8) is 0 Å². The van der Waals surface area contributed by atoms with Gasteiger partial charge in [-0.05, 0) is 43.7 Å². The van der Waals surface area contributed by atoms with Gasteiger partial charge in [0.15, 0.2) is 0 Å². The number of hydrogen-bond acceptors (Lipinski definition) is 5. The number of ether oxygens (including phenoxy) is 2. The Morgan fingerprint density at radius 3 is 2.50 bits per heavy atom. The molecule has 4 rings (SSSR count). The Bertz CT molecular complexity index is 1030. The van der Waals surface area contributed by atoms with Crippen LogP contribution in [0.3, 0.4) is 0 Å². The summed E-state index contributed by atoms with van der Waals surface area (Å²) in [4.78, 5) is 33.1. The molecule has 2 aromatic carbocycles. The van der Waals surface area contributed by atoms with Gasteiger partial charge in [0.1, 0.15) is 29.4 Å². The zero-order valence-electron chi connectivity index (χ0n) is 18.8. The molecule has 2 aliphatic rings. The largest absolute Gasteiger partial charge is 0.497 e. The average Bonchev–Trinajstić information content (AvgIpc) is 3.08. The molecule has 7 heteroatoms. The molecule has 1 N–H and O–H groups in total. The predicted octanol–water partition coefficient (Wildman–Crippen LogP) is 3.88. The molecular weight excluding hydrogens is 406 g/mol. The normalized spacial score (nSPS) is 22.6. The standard InChI is InChI=1S/C25H29N3O4/c1-17-11-13-25(14-12-17)27-23(18-7-5-4-6-8-18)24(30)28(25)16-22(29)26-20-10-9-19(31-2)15-21(20)32-3/h4-10,15,17H,11-14,16H2,1-3H3,(H,26,29). The Balaban J connectivity index is 1.58. The minimum Gasteiger partial charge on any atom is -0.497 e. The van der Waals surface area contributed by atoms with Gasteiger partial charge in [0.05, 0.1) is 19.9 Å². The summed E-state index contributed by atoms with van der Waals surface area (Å²) in [5.41, 5.74) is 1.10. The third-order valence-electron chi connectivity index (χ3n) is 6.38. The third kappa shape index (κ3) is 4.20. The van der Waals surface area contributed by atoms with Gasteiger partial charge in [-0.1, -0.05) is 37.3 Å². The molecule has 2 aromatic rings. The number of nitrogens with zero attached hydrogens (tertiary/aromatic N) is 2. The second-order valence-electron chi connectivity index (χ2n) is 8.50. The summed E-state index contributed by atoms with van der Waals surface area (Å²) in [7, 11) is 3.10. The molecule has 168 valence electrons. The van der Waals surface area contributed by atoms with Crippen molar-refractivity contribution in [1.29, 1.82) is 0 Å². The first kappa shape index (κ1) is 21.9. The highest BCUT2D eigenvalue weighted by molar-refractivity contribution is 6.47. The topological polar surface area (TPSA) is 80.2 Å². The van der Waals surface area contributed by atoms with Gasteiger partial charge < -0.3 is 19.7 Å². The van der Waals surface area contributed by atoms with Gasteiger partial charge in [-0.2, -0.15) is 0 Å². The van der Waals surface area contributed by atoms with Crippen molar-refractivity contribution in [3.8, 4) is 11.5 Å². The maximum Gasteiger partial charge on any atom is 0.275 e. The molecule has 0 saturated heterocycles. The number of nitrogens with one attached hydrogen (secondary N) is 1. The van der Waals surface area contributed by atoms with E-state index in [1.807, 2.05) is 30.3 Å². The lowest BCUT2D eigenvalue weighted by atomic mass is 9.82. The summed E-state index contributed by atoms with van der Waals surface area (Å²) in [6.45, 7) is 2.15. The quantitative estimate of drug-likeness (QED) is 0.747. The van der Waals surface area contributed by atoms with Crippen LogP contribution in [-0.4, -0.2) is 48.9 Å². The fourth-order valence-electron chi connectivity index (χ4n) is 4.48. The van der Waals surface area contributed by atoms with E-state index in [-0.39, 0.29) is 18.4 Å². The summed E-state index contributed by atoms with van der Waals surface area (Å²) in [6, 6.07) is 14.7. The Kier molecular flexibility index (Phi) is 6.17. The summed E-state index contributed by atoms with van der Waals surface area (Å²) >= 11 is 0. The van der Waals surface area contributed by atoms with Gasteiger partial charge in [0, 0.05) is 11.6 Å². The maximum absolute atomic E-state index is 13.4. The van der Waals surface area contributed by atoms with E-state index in [2.05, 4.69) is 12.2 Å². The highest BCUT2D eigenvalue weighted by Gasteiger charge is 2.49. The number of methoxy groups -OCH3 is 2. The summed E-state index contributed by atoms with van der Waals surface area (Å²) in [5, 5.41) is 2.88. The van der Waals surface area contributed by atoms with Crippen molar-refractivity contribution in [2.75, 3.05) is 26.1 Å². The number of carbonyl (C=O) groups excluding carboxylic acids is 2. The fraction of sp³-hybridized carbons (Fsp3) is 0.400. The molecule has 0 unspecified atom stereocenters. The highest BCUT2D eigenvalue weighted by Crippen LogP contribution is 2.41. The average molecular weight is 436 g/mol. The Hall–Kier alpha value is -3.35. The molecule has 1 aliphatic heterocycles. The van der Waals surface area contributed by atoms with Crippen LogP contribution in [0.1, 0.15) is 38.2 Å². The van der Waals surface area contributed by atoms with Crippen molar-refractivity contribution < 1.29 is 19.1 Å². The van der Waals surface area contributed by atoms with Crippen LogP contribution in [0.5, 0.6) is 11.5 Å². The van der Waals surface area contributed by atoms with E-state index in [4.69, 9.17) is 14.5 Å². The first-order chi connectivity index (χ1) is 15.5. The number of benzene rings is 2. The molecular formula is C25H29N3O4. The van der Waals surface area contributed by atoms with Crippen LogP contribution in [0.4, 0.5) is 5.69 Å². The van der Waals surface area contributed by atoms with Crippen molar-refractivity contribution in [2.45, 2.75) is 38.3 Å². The molecule has 1 saturated carbocycles. The minimum absolute atomic E-state index is 0.0672. The van der Waals surface area contributed by atoms with Gasteiger partial charge in [-0.15, -0.1) is 0 Å². The van der Waals surface area contributed by atoms with Crippen LogP contribution in [0, 0.1) is 5.92 Å². The number of rotatable bonds is 6. The molecule has 0 radical (unpaired) electrons. The number of anilines is 1. The number of amides is 2. The predicted molar refractivity (Wildman–Crippen MR) is 123 cm³/mol. The van der Waals surface area contributed by atoms with Gasteiger partial charge in [-0.25, -0.2) is 0 Å². The summed E-state index contributed by atoms with van der Waals surface area (Å²) in [5.74, 6) is 1.23. The van der Waals surface area contributed by atoms with E-state index in [9.17, 15) is 9.59 Å². The van der Waals surface area contributed by atoms with Gasteiger partial charge >= 0.3 is 0 Å². The van der Waals surface area contributed by atoms with Crippen LogP contribution in [0.2, 0.25) is 0 Å². The molecule has 1 fully saturated rings. The summed E-state index contributed by atoms with van der Waals surface area (Å²) in [6.07, 6.45) is 3.47. The second kappa shape index (κ2) is 9.02. The highest BCUT2D eigenvalue weighted by atomic mass is 16.5. The molecule has 1 heterocycles. The summed E-state index contributed by atoms with van der Waals surface area (Å²) < 4.78 is 10.6. The number of aliphatic imine (C=N–C) groups is 1. The molecule has 1 spiro atoms. The van der Waals surface area contributed by atoms with Crippen molar-refractivity contribution >= 4 is 23.2 Å². The van der Waals surface area contributed by atoms with Crippen molar-refractivity contribution in [2.24, 2.45) is 10.9 Å². The van der Waals surface area contributed by atoms with E-state index < -0.39 is 5.66 Å². The first-order valence-electron chi connectivity index (χ1n) is 10.9. The van der Waals surface area contributed by atoms with Gasteiger partial charge in [-0.3, -0.25) is 14.6 Å². The van der Waals surface area contributed by atoms with E-state index in [0.717, 1.165) is 31.2 Å². The van der Waals surface area contributed by atoms with Gasteiger partial charge in [0.25, 0.3) is 5.91 Å². The molecule has 0 bridgehead atoms. The lowest BCUT2D eigenvalue weighted by molar-refractivity contribution is -0.134. The number of carbonyl (C=O) groups is 2. The van der Waals surface area contributed by atoms with E-state index >= 15 is 0 Å². The number of hydrogen-bond donors (Lipinski definition) is 1. The molecule has 2 amide bonds. The zero-order chi connectivity index (χ0) is 22.7. The lowest BCUT2D eigenvalue weighted by Gasteiger charge is -2.40. The maximum atomic E-state index is 13.4. The SMILES string of the molecule is COc1ccc(NC(=O)CN2C(=O)C(c3ccccc3)=NC23CCC(C)CC3)c(OC)c1. The Labute approximate surface area is 188 Å². The van der Waals surface area contributed by atoms with Crippen LogP contribution in [-0.2, 0) is 9.59 Å². The van der Waals surface area contributed by atoms with E-state index in [1.165, 1.54) is 7.11 Å². The minimum atomic E-state index is -0.657. The van der Waals surface area contributed by atoms with E-state index in [0.29, 0.717) is 28.8 Å². The third-order valence-corrected chi connectivity index (χ3v) is 6.38. The van der Waals surface area contributed by atoms with Crippen LogP contribution in [0.25, 0.3) is 0 Å². The van der Waals surface area contributed by atoms with Gasteiger partial charge in [0.2, 0.25) is 5.91 Å². The smallest absolute Gasteiger partial charge is 0.275 e. The van der Waals surface area contributed by atoms with E-state index in [1.54, 1.807) is 30.2 Å².